The van der Waals surface area contributed by atoms with Crippen LogP contribution in [0.2, 0.25) is 0 Å². The van der Waals surface area contributed by atoms with Crippen molar-refractivity contribution in [1.29, 1.82) is 0 Å². The van der Waals surface area contributed by atoms with E-state index in [4.69, 9.17) is 5.11 Å². The van der Waals surface area contributed by atoms with Crippen molar-refractivity contribution in [2.75, 3.05) is 4.72 Å². The highest BCUT2D eigenvalue weighted by Gasteiger charge is 2.19. The van der Waals surface area contributed by atoms with E-state index in [1.807, 2.05) is 0 Å². The molecule has 0 amide bonds. The van der Waals surface area contributed by atoms with Gasteiger partial charge >= 0.3 is 5.97 Å². The zero-order valence-electron chi connectivity index (χ0n) is 10.7. The van der Waals surface area contributed by atoms with E-state index < -0.39 is 16.0 Å². The molecule has 0 atom stereocenters. The summed E-state index contributed by atoms with van der Waals surface area (Å²) in [7, 11) is -3.84. The van der Waals surface area contributed by atoms with Crippen LogP contribution < -0.4 is 4.72 Å². The van der Waals surface area contributed by atoms with Crippen LogP contribution in [0.3, 0.4) is 0 Å². The van der Waals surface area contributed by atoms with Gasteiger partial charge in [0.2, 0.25) is 5.13 Å². The lowest BCUT2D eigenvalue weighted by atomic mass is 10.1. The van der Waals surface area contributed by atoms with E-state index in [1.54, 1.807) is 19.1 Å². The summed E-state index contributed by atoms with van der Waals surface area (Å²) in [4.78, 5) is 10.5. The number of benzene rings is 1. The number of carboxylic acid groups (broad SMARTS) is 1. The van der Waals surface area contributed by atoms with Gasteiger partial charge in [-0.2, -0.15) is 0 Å². The average Bonchev–Trinajstić information content (AvgIpc) is 2.89. The van der Waals surface area contributed by atoms with Gasteiger partial charge in [0.05, 0.1) is 4.90 Å². The van der Waals surface area contributed by atoms with Gasteiger partial charge < -0.3 is 5.11 Å². The minimum Gasteiger partial charge on any atom is -0.478 e. The number of hydrogen-bond donors (Lipinski definition) is 2. The zero-order valence-corrected chi connectivity index (χ0v) is 12.3. The number of nitrogens with one attached hydrogen (secondary N) is 1. The minimum absolute atomic E-state index is 0.0326. The second-order valence-electron chi connectivity index (χ2n) is 3.97. The number of aliphatic carboxylic acids is 1. The maximum Gasteiger partial charge on any atom is 0.328 e. The van der Waals surface area contributed by atoms with E-state index >= 15 is 0 Å². The Labute approximate surface area is 124 Å². The Hall–Kier alpha value is -2.33. The fourth-order valence-corrected chi connectivity index (χ4v) is 3.39. The third-order valence-electron chi connectivity index (χ3n) is 2.44. The summed E-state index contributed by atoms with van der Waals surface area (Å²) in [6.07, 6.45) is 2.25. The molecule has 1 heterocycles. The third kappa shape index (κ3) is 3.83. The number of aryl methyl sites for hydroxylation is 1. The first-order valence-electron chi connectivity index (χ1n) is 5.58. The topological polar surface area (TPSA) is 122 Å². The number of nitrogens with zero attached hydrogens (tertiary/aromatic N) is 3. The first kappa shape index (κ1) is 15.1. The Bertz CT molecular complexity index is 785. The van der Waals surface area contributed by atoms with Crippen molar-refractivity contribution < 1.29 is 18.3 Å². The number of sulfonamides is 1. The number of hydrogen-bond acceptors (Lipinski definition) is 7. The van der Waals surface area contributed by atoms with Crippen LogP contribution in [0.1, 0.15) is 11.1 Å². The first-order valence-corrected chi connectivity index (χ1v) is 7.83. The summed E-state index contributed by atoms with van der Waals surface area (Å²) in [5.41, 5.74) is 0.978. The lowest BCUT2D eigenvalue weighted by Gasteiger charge is -2.08. The lowest BCUT2D eigenvalue weighted by molar-refractivity contribution is -0.131. The number of aromatic nitrogens is 3. The molecule has 110 valence electrons. The molecule has 8 nitrogen and oxygen atoms in total. The van der Waals surface area contributed by atoms with Gasteiger partial charge in [-0.3, -0.25) is 4.72 Å². The predicted molar refractivity (Wildman–Crippen MR) is 76.4 cm³/mol. The van der Waals surface area contributed by atoms with Crippen molar-refractivity contribution in [2.45, 2.75) is 11.8 Å². The molecular formula is C11H10N4O4S2. The molecule has 2 rings (SSSR count). The molecule has 0 aliphatic rings. The van der Waals surface area contributed by atoms with E-state index in [0.29, 0.717) is 11.1 Å². The van der Waals surface area contributed by atoms with Crippen molar-refractivity contribution in [2.24, 2.45) is 0 Å². The van der Waals surface area contributed by atoms with E-state index in [2.05, 4.69) is 19.5 Å². The van der Waals surface area contributed by atoms with Crippen LogP contribution in [0.25, 0.3) is 6.08 Å². The Balaban J connectivity index is 2.38. The Morgan fingerprint density at radius 1 is 1.43 bits per heavy atom. The molecule has 0 saturated carbocycles. The molecule has 0 aliphatic heterocycles. The van der Waals surface area contributed by atoms with E-state index in [-0.39, 0.29) is 10.0 Å². The highest BCUT2D eigenvalue weighted by Crippen LogP contribution is 2.21. The number of carboxylic acids is 1. The van der Waals surface area contributed by atoms with Crippen molar-refractivity contribution in [3.8, 4) is 0 Å². The molecule has 0 fully saturated rings. The highest BCUT2D eigenvalue weighted by atomic mass is 32.2. The van der Waals surface area contributed by atoms with Crippen LogP contribution in [-0.2, 0) is 14.8 Å². The van der Waals surface area contributed by atoms with Gasteiger partial charge in [0.15, 0.2) is 0 Å². The summed E-state index contributed by atoms with van der Waals surface area (Å²) in [6.45, 7) is 1.64. The van der Waals surface area contributed by atoms with Crippen LogP contribution in [0.4, 0.5) is 5.13 Å². The van der Waals surface area contributed by atoms with Gasteiger partial charge in [0, 0.05) is 17.6 Å². The minimum atomic E-state index is -3.84. The summed E-state index contributed by atoms with van der Waals surface area (Å²) in [5, 5.41) is 15.5. The van der Waals surface area contributed by atoms with Crippen LogP contribution >= 0.6 is 11.5 Å². The molecule has 0 spiro atoms. The normalized spacial score (nSPS) is 11.7. The molecule has 0 radical (unpaired) electrons. The van der Waals surface area contributed by atoms with Crippen LogP contribution in [0.5, 0.6) is 0 Å². The van der Waals surface area contributed by atoms with Crippen molar-refractivity contribution in [1.82, 2.24) is 14.8 Å². The standard InChI is InChI=1S/C11H10N4O4S2/c1-7-2-3-8(4-5-10(16)17)6-9(7)21(18,19)13-11-12-14-15-20-11/h2-6H,1H3,(H,16,17)(H,12,13,15)/b5-4+. The van der Waals surface area contributed by atoms with Gasteiger partial charge in [-0.1, -0.05) is 21.7 Å². The quantitative estimate of drug-likeness (QED) is 0.790. The Morgan fingerprint density at radius 3 is 2.81 bits per heavy atom. The predicted octanol–water partition coefficient (Wildman–Crippen LogP) is 1.14. The number of rotatable bonds is 5. The SMILES string of the molecule is Cc1ccc(/C=C/C(=O)O)cc1S(=O)(=O)Nc1nnns1. The van der Waals surface area contributed by atoms with Crippen molar-refractivity contribution in [3.05, 3.63) is 35.4 Å². The van der Waals surface area contributed by atoms with E-state index in [9.17, 15) is 13.2 Å². The maximum atomic E-state index is 12.3. The first-order chi connectivity index (χ1) is 9.88. The summed E-state index contributed by atoms with van der Waals surface area (Å²) in [5.74, 6) is -1.11. The van der Waals surface area contributed by atoms with E-state index in [0.717, 1.165) is 17.6 Å². The molecule has 21 heavy (non-hydrogen) atoms. The van der Waals surface area contributed by atoms with Gasteiger partial charge in [-0.05, 0) is 35.4 Å². The Morgan fingerprint density at radius 2 is 2.19 bits per heavy atom. The summed E-state index contributed by atoms with van der Waals surface area (Å²) < 4.78 is 30.3. The van der Waals surface area contributed by atoms with Gasteiger partial charge in [0.1, 0.15) is 0 Å². The van der Waals surface area contributed by atoms with Crippen LogP contribution in [-0.4, -0.2) is 34.3 Å². The molecule has 1 aromatic heterocycles. The number of anilines is 1. The molecule has 2 N–H and O–H groups in total. The molecular weight excluding hydrogens is 316 g/mol. The Kier molecular flexibility index (Phi) is 4.29. The average molecular weight is 326 g/mol. The second kappa shape index (κ2) is 5.97. The highest BCUT2D eigenvalue weighted by molar-refractivity contribution is 7.93. The van der Waals surface area contributed by atoms with E-state index in [1.165, 1.54) is 12.1 Å². The molecule has 0 aliphatic carbocycles. The maximum absolute atomic E-state index is 12.3. The van der Waals surface area contributed by atoms with Crippen molar-refractivity contribution in [3.63, 3.8) is 0 Å². The largest absolute Gasteiger partial charge is 0.478 e. The van der Waals surface area contributed by atoms with Gasteiger partial charge in [-0.25, -0.2) is 13.2 Å². The third-order valence-corrected chi connectivity index (χ3v) is 4.56. The van der Waals surface area contributed by atoms with Gasteiger partial charge in [-0.15, -0.1) is 0 Å². The fraction of sp³-hybridized carbons (Fsp3) is 0.0909. The van der Waals surface area contributed by atoms with Crippen LogP contribution in [0, 0.1) is 6.92 Å². The summed E-state index contributed by atoms with van der Waals surface area (Å²) >= 11 is 0.814. The van der Waals surface area contributed by atoms with Crippen LogP contribution in [0.15, 0.2) is 29.2 Å². The summed E-state index contributed by atoms with van der Waals surface area (Å²) in [6, 6.07) is 4.60. The molecule has 10 heteroatoms. The smallest absolute Gasteiger partial charge is 0.328 e. The fourth-order valence-electron chi connectivity index (χ4n) is 1.52. The molecule has 2 aromatic rings. The molecule has 1 aromatic carbocycles. The zero-order chi connectivity index (χ0) is 15.5. The molecule has 0 unspecified atom stereocenters. The molecule has 0 bridgehead atoms. The second-order valence-corrected chi connectivity index (χ2v) is 6.35. The molecule has 0 saturated heterocycles. The monoisotopic (exact) mass is 326 g/mol. The lowest BCUT2D eigenvalue weighted by Crippen LogP contribution is -2.14. The number of carbonyl (C=O) groups is 1. The van der Waals surface area contributed by atoms with Crippen molar-refractivity contribution >= 4 is 38.7 Å². The van der Waals surface area contributed by atoms with Gasteiger partial charge in [0.25, 0.3) is 10.0 Å².